The van der Waals surface area contributed by atoms with Crippen molar-refractivity contribution in [3.63, 3.8) is 0 Å². The average molecular weight is 239 g/mol. The fourth-order valence-corrected chi connectivity index (χ4v) is 1.41. The minimum absolute atomic E-state index is 0.166. The van der Waals surface area contributed by atoms with Crippen LogP contribution in [0.25, 0.3) is 6.08 Å². The summed E-state index contributed by atoms with van der Waals surface area (Å²) in [6.45, 7) is 0. The molecule has 0 bridgehead atoms. The molecule has 0 aliphatic rings. The Balaban J connectivity index is 2.96. The van der Waals surface area contributed by atoms with E-state index in [1.807, 2.05) is 6.07 Å². The first-order chi connectivity index (χ1) is 6.09. The summed E-state index contributed by atoms with van der Waals surface area (Å²) in [5, 5.41) is 9.41. The van der Waals surface area contributed by atoms with Crippen LogP contribution in [0.2, 0.25) is 0 Å². The van der Waals surface area contributed by atoms with Gasteiger partial charge < -0.3 is 0 Å². The van der Waals surface area contributed by atoms with Crippen LogP contribution < -0.4 is 10.1 Å². The van der Waals surface area contributed by atoms with Gasteiger partial charge in [-0.15, -0.1) is 0 Å². The number of phenolic OH excluding ortho intramolecular Hbond substituents is 1. The third kappa shape index (κ3) is 2.96. The molecule has 1 atom stereocenters. The Morgan fingerprint density at radius 2 is 2.23 bits per heavy atom. The van der Waals surface area contributed by atoms with E-state index in [0.29, 0.717) is 5.56 Å². The summed E-state index contributed by atoms with van der Waals surface area (Å²) < 4.78 is 1.03. The van der Waals surface area contributed by atoms with Crippen LogP contribution in [0.15, 0.2) is 24.3 Å². The van der Waals surface area contributed by atoms with E-state index in [4.69, 9.17) is 5.73 Å². The number of nitrogens with two attached hydrogens (primary N) is 1. The molecule has 0 aromatic heterocycles. The van der Waals surface area contributed by atoms with Gasteiger partial charge in [0.1, 0.15) is 0 Å². The SMILES string of the molecule is NC(=O)C=Cc1ccc([AsH2])cc1O. The van der Waals surface area contributed by atoms with Gasteiger partial charge in [-0.2, -0.15) is 0 Å². The maximum atomic E-state index is 10.4. The zero-order valence-corrected chi connectivity index (χ0v) is 9.32. The molecular weight excluding hydrogens is 229 g/mol. The predicted octanol–water partition coefficient (Wildman–Crippen LogP) is -0.851. The second-order valence-electron chi connectivity index (χ2n) is 2.55. The van der Waals surface area contributed by atoms with Crippen LogP contribution in [0, 0.1) is 0 Å². The molecule has 1 unspecified atom stereocenters. The summed E-state index contributed by atoms with van der Waals surface area (Å²) in [6.07, 6.45) is 2.71. The Morgan fingerprint density at radius 1 is 1.54 bits per heavy atom. The molecule has 4 heteroatoms. The Hall–Kier alpha value is -1.21. The summed E-state index contributed by atoms with van der Waals surface area (Å²) in [7, 11) is 0. The molecular formula is C9H10AsNO2. The summed E-state index contributed by atoms with van der Waals surface area (Å²) in [6, 6.07) is 5.27. The Labute approximate surface area is 84.8 Å². The van der Waals surface area contributed by atoms with E-state index in [1.165, 1.54) is 29.0 Å². The predicted molar refractivity (Wildman–Crippen MR) is 54.5 cm³/mol. The van der Waals surface area contributed by atoms with Gasteiger partial charge in [0.15, 0.2) is 0 Å². The van der Waals surface area contributed by atoms with Crippen LogP contribution in [-0.2, 0) is 4.79 Å². The number of benzene rings is 1. The first kappa shape index (κ1) is 9.87. The zero-order valence-electron chi connectivity index (χ0n) is 6.90. The van der Waals surface area contributed by atoms with Crippen molar-refractivity contribution in [2.45, 2.75) is 0 Å². The number of carbonyl (C=O) groups is 1. The Kier molecular flexibility index (Phi) is 3.15. The molecule has 3 nitrogen and oxygen atoms in total. The van der Waals surface area contributed by atoms with E-state index >= 15 is 0 Å². The topological polar surface area (TPSA) is 63.3 Å². The minimum atomic E-state index is -0.524. The van der Waals surface area contributed by atoms with Crippen molar-refractivity contribution in [2.75, 3.05) is 0 Å². The number of phenols is 1. The number of primary amides is 1. The van der Waals surface area contributed by atoms with Crippen molar-refractivity contribution < 1.29 is 9.90 Å². The van der Waals surface area contributed by atoms with Gasteiger partial charge in [0.2, 0.25) is 0 Å². The third-order valence-corrected chi connectivity index (χ3v) is 2.24. The molecule has 13 heavy (non-hydrogen) atoms. The van der Waals surface area contributed by atoms with E-state index in [2.05, 4.69) is 0 Å². The molecule has 0 saturated heterocycles. The second-order valence-corrected chi connectivity index (χ2v) is 3.95. The van der Waals surface area contributed by atoms with Gasteiger partial charge in [-0.1, -0.05) is 0 Å². The molecule has 1 aromatic carbocycles. The van der Waals surface area contributed by atoms with Gasteiger partial charge in [0.25, 0.3) is 0 Å². The summed E-state index contributed by atoms with van der Waals surface area (Å²) in [5.41, 5.74) is 5.51. The van der Waals surface area contributed by atoms with Gasteiger partial charge in [-0.3, -0.25) is 0 Å². The number of hydrogen-bond donors (Lipinski definition) is 2. The van der Waals surface area contributed by atoms with Crippen LogP contribution in [-0.4, -0.2) is 27.9 Å². The second kappa shape index (κ2) is 4.15. The fourth-order valence-electron chi connectivity index (χ4n) is 0.874. The molecule has 0 aliphatic carbocycles. The number of aromatic hydroxyl groups is 1. The normalized spacial score (nSPS) is 10.5. The molecule has 0 aliphatic heterocycles. The molecule has 1 rings (SSSR count). The van der Waals surface area contributed by atoms with Crippen LogP contribution >= 0.6 is 0 Å². The number of rotatable bonds is 2. The van der Waals surface area contributed by atoms with Crippen LogP contribution in [0.1, 0.15) is 5.56 Å². The number of amides is 1. The van der Waals surface area contributed by atoms with E-state index in [1.54, 1.807) is 12.1 Å². The monoisotopic (exact) mass is 239 g/mol. The van der Waals surface area contributed by atoms with Crippen LogP contribution in [0.5, 0.6) is 5.75 Å². The molecule has 0 saturated carbocycles. The van der Waals surface area contributed by atoms with Gasteiger partial charge in [-0.25, -0.2) is 0 Å². The Morgan fingerprint density at radius 3 is 2.77 bits per heavy atom. The molecule has 3 N–H and O–H groups in total. The van der Waals surface area contributed by atoms with Crippen LogP contribution in [0.3, 0.4) is 0 Å². The summed E-state index contributed by atoms with van der Waals surface area (Å²) >= 11 is 1.43. The van der Waals surface area contributed by atoms with E-state index in [9.17, 15) is 9.90 Å². The van der Waals surface area contributed by atoms with Crippen molar-refractivity contribution in [1.82, 2.24) is 0 Å². The van der Waals surface area contributed by atoms with Crippen molar-refractivity contribution >= 4 is 33.2 Å². The van der Waals surface area contributed by atoms with Crippen LogP contribution in [0.4, 0.5) is 0 Å². The molecule has 0 fully saturated rings. The molecule has 1 aromatic rings. The van der Waals surface area contributed by atoms with Crippen molar-refractivity contribution in [1.29, 1.82) is 0 Å². The number of carbonyl (C=O) groups excluding carboxylic acids is 1. The standard InChI is InChI=1S/C9H10AsNO2/c10-7-3-1-6(8(12)5-7)2-4-9(11)13/h1-5,12H,10H2,(H2,11,13). The molecule has 0 heterocycles. The first-order valence-corrected chi connectivity index (χ1v) is 4.87. The molecule has 1 amide bonds. The Bertz CT molecular complexity index is 361. The molecule has 0 spiro atoms. The third-order valence-electron chi connectivity index (χ3n) is 1.48. The average Bonchev–Trinajstić information content (AvgIpc) is 2.02. The quantitative estimate of drug-likeness (QED) is 0.521. The molecule has 68 valence electrons. The van der Waals surface area contributed by atoms with Gasteiger partial charge in [-0.05, 0) is 0 Å². The first-order valence-electron chi connectivity index (χ1n) is 3.65. The van der Waals surface area contributed by atoms with Crippen molar-refractivity contribution in [3.05, 3.63) is 29.8 Å². The zero-order chi connectivity index (χ0) is 9.84. The van der Waals surface area contributed by atoms with E-state index in [-0.39, 0.29) is 5.75 Å². The summed E-state index contributed by atoms with van der Waals surface area (Å²) in [4.78, 5) is 10.4. The maximum absolute atomic E-state index is 10.4. The van der Waals surface area contributed by atoms with Gasteiger partial charge in [0.05, 0.1) is 0 Å². The number of hydrogen-bond acceptors (Lipinski definition) is 2. The summed E-state index contributed by atoms with van der Waals surface area (Å²) in [5.74, 6) is -0.358. The van der Waals surface area contributed by atoms with E-state index in [0.717, 1.165) is 4.35 Å². The fraction of sp³-hybridized carbons (Fsp3) is 0. The van der Waals surface area contributed by atoms with Gasteiger partial charge >= 0.3 is 84.4 Å². The van der Waals surface area contributed by atoms with Crippen molar-refractivity contribution in [2.24, 2.45) is 5.73 Å². The van der Waals surface area contributed by atoms with E-state index < -0.39 is 5.91 Å². The van der Waals surface area contributed by atoms with Crippen molar-refractivity contribution in [3.8, 4) is 5.75 Å². The van der Waals surface area contributed by atoms with Gasteiger partial charge in [0, 0.05) is 0 Å². The molecule has 0 radical (unpaired) electrons.